The van der Waals surface area contributed by atoms with Crippen LogP contribution in [0.2, 0.25) is 0 Å². The molecule has 96 valence electrons. The zero-order chi connectivity index (χ0) is 12.4. The van der Waals surface area contributed by atoms with Gasteiger partial charge in [0.2, 0.25) is 5.95 Å². The van der Waals surface area contributed by atoms with Crippen LogP contribution in [0.15, 0.2) is 18.3 Å². The number of imidazole rings is 1. The van der Waals surface area contributed by atoms with E-state index in [2.05, 4.69) is 32.2 Å². The molecule has 0 saturated carbocycles. The summed E-state index contributed by atoms with van der Waals surface area (Å²) in [5.74, 6) is 1.62. The first-order chi connectivity index (χ1) is 8.83. The van der Waals surface area contributed by atoms with Crippen LogP contribution in [-0.2, 0) is 0 Å². The van der Waals surface area contributed by atoms with Crippen molar-refractivity contribution in [1.82, 2.24) is 20.3 Å². The molecule has 1 saturated heterocycles. The summed E-state index contributed by atoms with van der Waals surface area (Å²) in [4.78, 5) is 14.3. The van der Waals surface area contributed by atoms with Gasteiger partial charge in [-0.25, -0.2) is 4.98 Å². The third-order valence-corrected chi connectivity index (χ3v) is 3.54. The first-order valence-electron chi connectivity index (χ1n) is 6.55. The van der Waals surface area contributed by atoms with E-state index in [9.17, 15) is 0 Å². The van der Waals surface area contributed by atoms with E-state index in [4.69, 9.17) is 0 Å². The van der Waals surface area contributed by atoms with E-state index in [1.807, 2.05) is 12.1 Å². The molecular weight excluding hydrogens is 226 g/mol. The van der Waals surface area contributed by atoms with Crippen molar-refractivity contribution in [3.63, 3.8) is 0 Å². The number of aromatic nitrogens is 3. The van der Waals surface area contributed by atoms with Crippen molar-refractivity contribution in [2.75, 3.05) is 31.6 Å². The first-order valence-corrected chi connectivity index (χ1v) is 6.55. The number of aromatic amines is 1. The molecule has 2 aromatic rings. The Hall–Kier alpha value is -1.62. The highest BCUT2D eigenvalue weighted by Gasteiger charge is 2.16. The average molecular weight is 245 g/mol. The zero-order valence-electron chi connectivity index (χ0n) is 10.7. The van der Waals surface area contributed by atoms with Crippen LogP contribution in [0, 0.1) is 5.92 Å². The molecular formula is C13H19N5. The van der Waals surface area contributed by atoms with E-state index in [0.717, 1.165) is 36.7 Å². The highest BCUT2D eigenvalue weighted by Crippen LogP contribution is 2.17. The summed E-state index contributed by atoms with van der Waals surface area (Å²) in [6.07, 6.45) is 4.36. The molecule has 0 radical (unpaired) electrons. The van der Waals surface area contributed by atoms with Gasteiger partial charge < -0.3 is 15.2 Å². The Kier molecular flexibility index (Phi) is 3.15. The zero-order valence-corrected chi connectivity index (χ0v) is 10.7. The number of hydrogen-bond acceptors (Lipinski definition) is 4. The minimum absolute atomic E-state index is 0.713. The summed E-state index contributed by atoms with van der Waals surface area (Å²) < 4.78 is 0. The molecule has 3 heterocycles. The first kappa shape index (κ1) is 11.5. The minimum Gasteiger partial charge on any atom is -0.345 e. The SMILES string of the molecule is CN(C[C@H]1CCCNC1)c1nc2ncccc2[nH]1. The summed E-state index contributed by atoms with van der Waals surface area (Å²) in [7, 11) is 2.09. The lowest BCUT2D eigenvalue weighted by atomic mass is 9.99. The summed E-state index contributed by atoms with van der Waals surface area (Å²) in [6.45, 7) is 3.31. The summed E-state index contributed by atoms with van der Waals surface area (Å²) >= 11 is 0. The predicted molar refractivity (Wildman–Crippen MR) is 72.8 cm³/mol. The van der Waals surface area contributed by atoms with Crippen LogP contribution in [0.5, 0.6) is 0 Å². The third kappa shape index (κ3) is 2.31. The number of anilines is 1. The number of nitrogens with one attached hydrogen (secondary N) is 2. The fourth-order valence-electron chi connectivity index (χ4n) is 2.57. The number of rotatable bonds is 3. The van der Waals surface area contributed by atoms with Crippen molar-refractivity contribution >= 4 is 17.1 Å². The van der Waals surface area contributed by atoms with Crippen molar-refractivity contribution in [3.8, 4) is 0 Å². The van der Waals surface area contributed by atoms with Crippen LogP contribution in [0.1, 0.15) is 12.8 Å². The van der Waals surface area contributed by atoms with Crippen LogP contribution >= 0.6 is 0 Å². The minimum atomic E-state index is 0.713. The summed E-state index contributed by atoms with van der Waals surface area (Å²) in [5.41, 5.74) is 1.79. The molecule has 0 bridgehead atoms. The van der Waals surface area contributed by atoms with E-state index >= 15 is 0 Å². The number of H-pyrrole nitrogens is 1. The molecule has 0 aliphatic carbocycles. The maximum Gasteiger partial charge on any atom is 0.205 e. The number of nitrogens with zero attached hydrogens (tertiary/aromatic N) is 3. The Bertz CT molecular complexity index is 482. The molecule has 1 fully saturated rings. The Morgan fingerprint density at radius 3 is 3.22 bits per heavy atom. The standard InChI is InChI=1S/C13H19N5/c1-18(9-10-4-2-6-14-8-10)13-16-11-5-3-7-15-12(11)17-13/h3,5,7,10,14H,2,4,6,8-9H2,1H3,(H,15,16,17)/t10-/m0/s1. The van der Waals surface area contributed by atoms with E-state index in [1.165, 1.54) is 12.8 Å². The summed E-state index contributed by atoms with van der Waals surface area (Å²) in [6, 6.07) is 3.93. The molecule has 1 aliphatic heterocycles. The smallest absolute Gasteiger partial charge is 0.205 e. The molecule has 5 heteroatoms. The largest absolute Gasteiger partial charge is 0.345 e. The summed E-state index contributed by atoms with van der Waals surface area (Å²) in [5, 5.41) is 3.45. The molecule has 5 nitrogen and oxygen atoms in total. The van der Waals surface area contributed by atoms with Crippen LogP contribution in [0.4, 0.5) is 5.95 Å². The lowest BCUT2D eigenvalue weighted by molar-refractivity contribution is 0.380. The van der Waals surface area contributed by atoms with Gasteiger partial charge in [-0.2, -0.15) is 4.98 Å². The molecule has 0 unspecified atom stereocenters. The van der Waals surface area contributed by atoms with Gasteiger partial charge in [0.25, 0.3) is 0 Å². The monoisotopic (exact) mass is 245 g/mol. The van der Waals surface area contributed by atoms with Gasteiger partial charge >= 0.3 is 0 Å². The van der Waals surface area contributed by atoms with Crippen molar-refractivity contribution in [2.24, 2.45) is 5.92 Å². The quantitative estimate of drug-likeness (QED) is 0.858. The fraction of sp³-hybridized carbons (Fsp3) is 0.538. The Morgan fingerprint density at radius 2 is 2.44 bits per heavy atom. The van der Waals surface area contributed by atoms with Crippen LogP contribution in [-0.4, -0.2) is 41.6 Å². The highest BCUT2D eigenvalue weighted by atomic mass is 15.3. The van der Waals surface area contributed by atoms with Crippen molar-refractivity contribution in [3.05, 3.63) is 18.3 Å². The molecule has 1 atom stereocenters. The van der Waals surface area contributed by atoms with E-state index in [0.29, 0.717) is 5.92 Å². The van der Waals surface area contributed by atoms with Gasteiger partial charge in [0, 0.05) is 19.8 Å². The van der Waals surface area contributed by atoms with Crippen LogP contribution in [0.25, 0.3) is 11.2 Å². The molecule has 2 N–H and O–H groups in total. The van der Waals surface area contributed by atoms with Gasteiger partial charge in [0.05, 0.1) is 5.52 Å². The van der Waals surface area contributed by atoms with Gasteiger partial charge in [0.1, 0.15) is 0 Å². The maximum atomic E-state index is 4.52. The normalized spacial score (nSPS) is 20.2. The highest BCUT2D eigenvalue weighted by molar-refractivity contribution is 5.72. The number of hydrogen-bond donors (Lipinski definition) is 2. The lowest BCUT2D eigenvalue weighted by Crippen LogP contribution is -2.37. The fourth-order valence-corrected chi connectivity index (χ4v) is 2.57. The van der Waals surface area contributed by atoms with Crippen molar-refractivity contribution in [2.45, 2.75) is 12.8 Å². The Morgan fingerprint density at radius 1 is 1.50 bits per heavy atom. The molecule has 0 spiro atoms. The Balaban J connectivity index is 1.72. The number of piperidine rings is 1. The molecule has 18 heavy (non-hydrogen) atoms. The second-order valence-electron chi connectivity index (χ2n) is 5.03. The topological polar surface area (TPSA) is 56.8 Å². The Labute approximate surface area is 107 Å². The van der Waals surface area contributed by atoms with Gasteiger partial charge in [0.15, 0.2) is 5.65 Å². The van der Waals surface area contributed by atoms with E-state index in [1.54, 1.807) is 6.20 Å². The average Bonchev–Trinajstić information content (AvgIpc) is 2.84. The number of pyridine rings is 1. The van der Waals surface area contributed by atoms with Gasteiger partial charge in [-0.3, -0.25) is 0 Å². The van der Waals surface area contributed by atoms with Gasteiger partial charge in [-0.1, -0.05) is 0 Å². The van der Waals surface area contributed by atoms with Crippen LogP contribution < -0.4 is 10.2 Å². The predicted octanol–water partition coefficient (Wildman–Crippen LogP) is 1.39. The number of fused-ring (bicyclic) bond motifs is 1. The van der Waals surface area contributed by atoms with Crippen molar-refractivity contribution in [1.29, 1.82) is 0 Å². The lowest BCUT2D eigenvalue weighted by Gasteiger charge is -2.27. The van der Waals surface area contributed by atoms with E-state index in [-0.39, 0.29) is 0 Å². The molecule has 3 rings (SSSR count). The van der Waals surface area contributed by atoms with Crippen molar-refractivity contribution < 1.29 is 0 Å². The van der Waals surface area contributed by atoms with E-state index < -0.39 is 0 Å². The van der Waals surface area contributed by atoms with Crippen LogP contribution in [0.3, 0.4) is 0 Å². The second-order valence-corrected chi connectivity index (χ2v) is 5.03. The molecule has 0 amide bonds. The second kappa shape index (κ2) is 4.94. The molecule has 0 aromatic carbocycles. The van der Waals surface area contributed by atoms with Gasteiger partial charge in [-0.15, -0.1) is 0 Å². The van der Waals surface area contributed by atoms with Gasteiger partial charge in [-0.05, 0) is 44.0 Å². The maximum absolute atomic E-state index is 4.52. The molecule has 1 aliphatic rings. The molecule has 2 aromatic heterocycles. The third-order valence-electron chi connectivity index (χ3n) is 3.54.